The van der Waals surface area contributed by atoms with Crippen LogP contribution in [0.4, 0.5) is 0 Å². The summed E-state index contributed by atoms with van der Waals surface area (Å²) in [6.45, 7) is 6.44. The van der Waals surface area contributed by atoms with Crippen LogP contribution in [0.2, 0.25) is 0 Å². The fourth-order valence-electron chi connectivity index (χ4n) is 2.34. The molecule has 2 rings (SSSR count). The van der Waals surface area contributed by atoms with Gasteiger partial charge in [-0.1, -0.05) is 50.2 Å². The van der Waals surface area contributed by atoms with E-state index < -0.39 is 5.60 Å². The molecule has 1 atom stereocenters. The summed E-state index contributed by atoms with van der Waals surface area (Å²) in [7, 11) is 0. The highest BCUT2D eigenvalue weighted by Gasteiger charge is 2.28. The summed E-state index contributed by atoms with van der Waals surface area (Å²) in [4.78, 5) is 13.4. The van der Waals surface area contributed by atoms with Gasteiger partial charge in [-0.15, -0.1) is 11.3 Å². The number of hydrogen-bond acceptors (Lipinski definition) is 3. The molecule has 0 aliphatic rings. The third-order valence-corrected chi connectivity index (χ3v) is 5.05. The molecule has 2 aromatic rings. The third-order valence-electron chi connectivity index (χ3n) is 3.82. The van der Waals surface area contributed by atoms with Crippen LogP contribution in [0.25, 0.3) is 0 Å². The monoisotopic (exact) mass is 317 g/mol. The number of nitrogens with one attached hydrogen (secondary N) is 1. The number of amides is 1. The van der Waals surface area contributed by atoms with Crippen LogP contribution in [-0.2, 0) is 15.8 Å². The van der Waals surface area contributed by atoms with E-state index in [1.807, 2.05) is 41.8 Å². The maximum Gasteiger partial charge on any atom is 0.223 e. The van der Waals surface area contributed by atoms with Crippen LogP contribution < -0.4 is 5.32 Å². The average Bonchev–Trinajstić information content (AvgIpc) is 3.01. The Labute approximate surface area is 136 Å². The fourth-order valence-corrected chi connectivity index (χ4v) is 3.20. The van der Waals surface area contributed by atoms with Crippen molar-refractivity contribution in [3.8, 4) is 0 Å². The summed E-state index contributed by atoms with van der Waals surface area (Å²) in [6.07, 6.45) is 0.0531. The molecule has 0 aliphatic heterocycles. The molecular weight excluding hydrogens is 294 g/mol. The molecule has 118 valence electrons. The highest BCUT2D eigenvalue weighted by Crippen LogP contribution is 2.27. The molecule has 3 nitrogen and oxygen atoms in total. The van der Waals surface area contributed by atoms with E-state index in [9.17, 15) is 9.90 Å². The SMILES string of the molecule is CC(C)(CNC(=O)CC(C)(O)c1ccccc1)c1cccs1. The normalized spacial score (nSPS) is 14.4. The van der Waals surface area contributed by atoms with Gasteiger partial charge in [0.25, 0.3) is 0 Å². The minimum absolute atomic E-state index is 0.0531. The van der Waals surface area contributed by atoms with E-state index in [-0.39, 0.29) is 17.7 Å². The molecule has 2 N–H and O–H groups in total. The van der Waals surface area contributed by atoms with Crippen molar-refractivity contribution >= 4 is 17.2 Å². The van der Waals surface area contributed by atoms with Gasteiger partial charge in [-0.25, -0.2) is 0 Å². The van der Waals surface area contributed by atoms with E-state index in [0.717, 1.165) is 5.56 Å². The Kier molecular flexibility index (Phi) is 5.04. The third kappa shape index (κ3) is 4.18. The van der Waals surface area contributed by atoms with E-state index in [1.165, 1.54) is 4.88 Å². The molecule has 0 saturated heterocycles. The lowest BCUT2D eigenvalue weighted by molar-refractivity contribution is -0.126. The quantitative estimate of drug-likeness (QED) is 0.857. The first kappa shape index (κ1) is 16.7. The largest absolute Gasteiger partial charge is 0.385 e. The number of thiophene rings is 1. The number of aliphatic hydroxyl groups is 1. The van der Waals surface area contributed by atoms with E-state index in [4.69, 9.17) is 0 Å². The van der Waals surface area contributed by atoms with Gasteiger partial charge in [0, 0.05) is 16.8 Å². The van der Waals surface area contributed by atoms with Gasteiger partial charge in [-0.2, -0.15) is 0 Å². The van der Waals surface area contributed by atoms with Gasteiger partial charge in [0.15, 0.2) is 0 Å². The van der Waals surface area contributed by atoms with Crippen molar-refractivity contribution in [3.05, 3.63) is 58.3 Å². The number of carbonyl (C=O) groups is 1. The Morgan fingerprint density at radius 2 is 1.82 bits per heavy atom. The number of rotatable bonds is 6. The summed E-state index contributed by atoms with van der Waals surface area (Å²) >= 11 is 1.69. The van der Waals surface area contributed by atoms with Crippen LogP contribution in [-0.4, -0.2) is 17.6 Å². The zero-order valence-corrected chi connectivity index (χ0v) is 14.1. The van der Waals surface area contributed by atoms with Crippen molar-refractivity contribution in [1.82, 2.24) is 5.32 Å². The first-order chi connectivity index (χ1) is 10.3. The molecular formula is C18H23NO2S. The molecule has 1 aromatic carbocycles. The van der Waals surface area contributed by atoms with E-state index in [0.29, 0.717) is 6.54 Å². The van der Waals surface area contributed by atoms with Crippen molar-refractivity contribution in [2.45, 2.75) is 38.2 Å². The van der Waals surface area contributed by atoms with Crippen LogP contribution in [0.5, 0.6) is 0 Å². The fraction of sp³-hybridized carbons (Fsp3) is 0.389. The Bertz CT molecular complexity index is 603. The molecule has 0 bridgehead atoms. The number of benzene rings is 1. The van der Waals surface area contributed by atoms with Gasteiger partial charge in [0.05, 0.1) is 12.0 Å². The number of hydrogen-bond donors (Lipinski definition) is 2. The minimum atomic E-state index is -1.15. The molecule has 1 amide bonds. The molecule has 0 aliphatic carbocycles. The van der Waals surface area contributed by atoms with Crippen molar-refractivity contribution in [2.75, 3.05) is 6.54 Å². The topological polar surface area (TPSA) is 49.3 Å². The second-order valence-corrected chi connectivity index (χ2v) is 7.40. The Balaban J connectivity index is 1.93. The van der Waals surface area contributed by atoms with Gasteiger partial charge in [0.2, 0.25) is 5.91 Å². The van der Waals surface area contributed by atoms with Crippen molar-refractivity contribution in [3.63, 3.8) is 0 Å². The summed E-state index contributed by atoms with van der Waals surface area (Å²) in [5.74, 6) is -0.140. The van der Waals surface area contributed by atoms with Crippen LogP contribution in [0.3, 0.4) is 0 Å². The van der Waals surface area contributed by atoms with Gasteiger partial charge < -0.3 is 10.4 Å². The van der Waals surface area contributed by atoms with E-state index >= 15 is 0 Å². The van der Waals surface area contributed by atoms with Crippen molar-refractivity contribution in [2.24, 2.45) is 0 Å². The summed E-state index contributed by atoms with van der Waals surface area (Å²) in [6, 6.07) is 13.4. The van der Waals surface area contributed by atoms with Crippen LogP contribution >= 0.6 is 11.3 Å². The molecule has 4 heteroatoms. The molecule has 0 spiro atoms. The van der Waals surface area contributed by atoms with E-state index in [2.05, 4.69) is 25.2 Å². The second-order valence-electron chi connectivity index (χ2n) is 6.45. The lowest BCUT2D eigenvalue weighted by atomic mass is 9.90. The predicted octanol–water partition coefficient (Wildman–Crippen LogP) is 3.44. The molecule has 22 heavy (non-hydrogen) atoms. The van der Waals surface area contributed by atoms with Crippen molar-refractivity contribution < 1.29 is 9.90 Å². The zero-order chi connectivity index (χ0) is 16.2. The van der Waals surface area contributed by atoms with Crippen LogP contribution in [0.1, 0.15) is 37.6 Å². The lowest BCUT2D eigenvalue weighted by Crippen LogP contribution is -2.39. The predicted molar refractivity (Wildman–Crippen MR) is 91.0 cm³/mol. The minimum Gasteiger partial charge on any atom is -0.385 e. The Morgan fingerprint density at radius 1 is 1.14 bits per heavy atom. The second kappa shape index (κ2) is 6.63. The maximum absolute atomic E-state index is 12.2. The highest BCUT2D eigenvalue weighted by molar-refractivity contribution is 7.10. The van der Waals surface area contributed by atoms with Gasteiger partial charge in [0.1, 0.15) is 0 Å². The van der Waals surface area contributed by atoms with Gasteiger partial charge >= 0.3 is 0 Å². The van der Waals surface area contributed by atoms with Crippen molar-refractivity contribution in [1.29, 1.82) is 0 Å². The summed E-state index contributed by atoms with van der Waals surface area (Å²) in [5, 5.41) is 15.5. The first-order valence-electron chi connectivity index (χ1n) is 7.40. The van der Waals surface area contributed by atoms with Gasteiger partial charge in [-0.05, 0) is 23.9 Å². The molecule has 0 fully saturated rings. The maximum atomic E-state index is 12.2. The molecule has 1 unspecified atom stereocenters. The average molecular weight is 317 g/mol. The van der Waals surface area contributed by atoms with Crippen LogP contribution in [0.15, 0.2) is 47.8 Å². The number of carbonyl (C=O) groups excluding carboxylic acids is 1. The zero-order valence-electron chi connectivity index (χ0n) is 13.3. The Morgan fingerprint density at radius 3 is 2.41 bits per heavy atom. The highest BCUT2D eigenvalue weighted by atomic mass is 32.1. The lowest BCUT2D eigenvalue weighted by Gasteiger charge is -2.26. The molecule has 0 saturated carbocycles. The molecule has 1 heterocycles. The Hall–Kier alpha value is -1.65. The van der Waals surface area contributed by atoms with Crippen LogP contribution in [0, 0.1) is 0 Å². The summed E-state index contributed by atoms with van der Waals surface area (Å²) < 4.78 is 0. The van der Waals surface area contributed by atoms with Gasteiger partial charge in [-0.3, -0.25) is 4.79 Å². The standard InChI is InChI=1S/C18H23NO2S/c1-17(2,15-10-7-11-22-15)13-19-16(20)12-18(3,21)14-8-5-4-6-9-14/h4-11,21H,12-13H2,1-3H3,(H,19,20). The van der Waals surface area contributed by atoms with E-state index in [1.54, 1.807) is 18.3 Å². The molecule has 0 radical (unpaired) electrons. The first-order valence-corrected chi connectivity index (χ1v) is 8.28. The summed E-state index contributed by atoms with van der Waals surface area (Å²) in [5.41, 5.74) is -0.511. The smallest absolute Gasteiger partial charge is 0.223 e. The molecule has 1 aromatic heterocycles.